The van der Waals surface area contributed by atoms with Crippen molar-refractivity contribution in [1.82, 2.24) is 5.16 Å². The van der Waals surface area contributed by atoms with Crippen molar-refractivity contribution in [2.75, 3.05) is 0 Å². The predicted octanol–water partition coefficient (Wildman–Crippen LogP) is 1.86. The molecule has 0 aliphatic carbocycles. The van der Waals surface area contributed by atoms with Gasteiger partial charge in [-0.2, -0.15) is 0 Å². The number of aromatic nitrogens is 1. The third-order valence-corrected chi connectivity index (χ3v) is 1.90. The van der Waals surface area contributed by atoms with Gasteiger partial charge in [0.2, 0.25) is 0 Å². The highest BCUT2D eigenvalue weighted by Gasteiger charge is 2.11. The van der Waals surface area contributed by atoms with Crippen molar-refractivity contribution in [2.45, 2.75) is 0 Å². The molecule has 4 nitrogen and oxygen atoms in total. The Balaban J connectivity index is 2.60. The fraction of sp³-hybridized carbons (Fsp3) is 0. The summed E-state index contributed by atoms with van der Waals surface area (Å²) in [7, 11) is 0. The first-order chi connectivity index (χ1) is 6.83. The van der Waals surface area contributed by atoms with Gasteiger partial charge in [0, 0.05) is 5.56 Å². The van der Waals surface area contributed by atoms with E-state index in [1.54, 1.807) is 18.2 Å². The second kappa shape index (κ2) is 3.33. The van der Waals surface area contributed by atoms with Crippen LogP contribution in [0.25, 0.3) is 11.1 Å². The Morgan fingerprint density at radius 3 is 2.79 bits per heavy atom. The van der Waals surface area contributed by atoms with Crippen molar-refractivity contribution in [1.29, 1.82) is 0 Å². The molecule has 0 atom stereocenters. The van der Waals surface area contributed by atoms with Crippen LogP contribution in [0.1, 0.15) is 10.5 Å². The van der Waals surface area contributed by atoms with Gasteiger partial charge in [0.05, 0.1) is 5.56 Å². The molecule has 0 aliphatic heterocycles. The van der Waals surface area contributed by atoms with Gasteiger partial charge in [-0.3, -0.25) is 4.79 Å². The minimum absolute atomic E-state index is 0.0961. The number of hydrogen-bond acceptors (Lipinski definition) is 4. The predicted molar refractivity (Wildman–Crippen MR) is 49.0 cm³/mol. The van der Waals surface area contributed by atoms with Gasteiger partial charge in [-0.25, -0.2) is 0 Å². The monoisotopic (exact) mass is 189 g/mol. The molecule has 2 aromatic rings. The highest BCUT2D eigenvalue weighted by molar-refractivity contribution is 5.86. The van der Waals surface area contributed by atoms with Crippen molar-refractivity contribution >= 4 is 6.29 Å². The minimum atomic E-state index is 0.0961. The van der Waals surface area contributed by atoms with Crippen molar-refractivity contribution in [3.63, 3.8) is 0 Å². The smallest absolute Gasteiger partial charge is 0.172 e. The summed E-state index contributed by atoms with van der Waals surface area (Å²) in [5.41, 5.74) is 1.22. The standard InChI is InChI=1S/C10H7NO3/c12-5-9-8(6-14-11-9)7-3-1-2-4-10(7)13/h1-6,13H. The Labute approximate surface area is 79.8 Å². The number of hydrogen-bond donors (Lipinski definition) is 1. The van der Waals surface area contributed by atoms with Gasteiger partial charge in [-0.05, 0) is 6.07 Å². The first-order valence-electron chi connectivity index (χ1n) is 4.01. The zero-order valence-electron chi connectivity index (χ0n) is 7.18. The van der Waals surface area contributed by atoms with Crippen LogP contribution in [-0.2, 0) is 0 Å². The van der Waals surface area contributed by atoms with E-state index in [-0.39, 0.29) is 11.4 Å². The molecule has 4 heteroatoms. The van der Waals surface area contributed by atoms with Crippen LogP contribution in [0.15, 0.2) is 35.1 Å². The highest BCUT2D eigenvalue weighted by atomic mass is 16.5. The molecule has 0 aliphatic rings. The molecular weight excluding hydrogens is 182 g/mol. The first-order valence-corrected chi connectivity index (χ1v) is 4.01. The van der Waals surface area contributed by atoms with Gasteiger partial charge in [0.1, 0.15) is 12.0 Å². The lowest BCUT2D eigenvalue weighted by Gasteiger charge is -1.99. The van der Waals surface area contributed by atoms with E-state index in [2.05, 4.69) is 9.68 Å². The number of benzene rings is 1. The quantitative estimate of drug-likeness (QED) is 0.732. The SMILES string of the molecule is O=Cc1nocc1-c1ccccc1O. The summed E-state index contributed by atoms with van der Waals surface area (Å²) in [4.78, 5) is 10.6. The van der Waals surface area contributed by atoms with Crippen LogP contribution in [0.3, 0.4) is 0 Å². The summed E-state index contributed by atoms with van der Waals surface area (Å²) >= 11 is 0. The number of phenols is 1. The van der Waals surface area contributed by atoms with E-state index < -0.39 is 0 Å². The van der Waals surface area contributed by atoms with E-state index in [1.807, 2.05) is 0 Å². The molecule has 0 unspecified atom stereocenters. The molecule has 0 amide bonds. The molecule has 2 rings (SSSR count). The maximum atomic E-state index is 10.6. The Hall–Kier alpha value is -2.10. The molecule has 70 valence electrons. The summed E-state index contributed by atoms with van der Waals surface area (Å²) < 4.78 is 4.65. The van der Waals surface area contributed by atoms with Crippen LogP contribution in [0, 0.1) is 0 Å². The van der Waals surface area contributed by atoms with Crippen LogP contribution in [0.4, 0.5) is 0 Å². The number of para-hydroxylation sites is 1. The molecular formula is C10H7NO3. The normalized spacial score (nSPS) is 10.0. The molecule has 1 heterocycles. The zero-order chi connectivity index (χ0) is 9.97. The summed E-state index contributed by atoms with van der Waals surface area (Å²) in [6, 6.07) is 6.69. The van der Waals surface area contributed by atoms with Gasteiger partial charge in [-0.1, -0.05) is 23.4 Å². The maximum absolute atomic E-state index is 10.6. The number of aldehydes is 1. The summed E-state index contributed by atoms with van der Waals surface area (Å²) in [5.74, 6) is 0.0961. The molecule has 0 fully saturated rings. The van der Waals surface area contributed by atoms with Gasteiger partial charge >= 0.3 is 0 Å². The largest absolute Gasteiger partial charge is 0.507 e. The third-order valence-electron chi connectivity index (χ3n) is 1.90. The number of carbonyl (C=O) groups is 1. The fourth-order valence-electron chi connectivity index (χ4n) is 1.23. The van der Waals surface area contributed by atoms with Crippen molar-refractivity contribution in [2.24, 2.45) is 0 Å². The Morgan fingerprint density at radius 1 is 1.29 bits per heavy atom. The summed E-state index contributed by atoms with van der Waals surface area (Å²) in [6.07, 6.45) is 1.92. The number of nitrogens with zero attached hydrogens (tertiary/aromatic N) is 1. The van der Waals surface area contributed by atoms with Crippen molar-refractivity contribution < 1.29 is 14.4 Å². The first kappa shape index (κ1) is 8.50. The molecule has 0 saturated heterocycles. The van der Waals surface area contributed by atoms with Gasteiger partial charge in [0.25, 0.3) is 0 Å². The molecule has 14 heavy (non-hydrogen) atoms. The number of phenolic OH excluding ortho intramolecular Hbond substituents is 1. The van der Waals surface area contributed by atoms with E-state index in [4.69, 9.17) is 0 Å². The van der Waals surface area contributed by atoms with Gasteiger partial charge in [0.15, 0.2) is 12.0 Å². The maximum Gasteiger partial charge on any atom is 0.172 e. The number of rotatable bonds is 2. The summed E-state index contributed by atoms with van der Waals surface area (Å²) in [6.45, 7) is 0. The average Bonchev–Trinajstić information content (AvgIpc) is 2.66. The molecule has 1 aromatic carbocycles. The lowest BCUT2D eigenvalue weighted by atomic mass is 10.1. The molecule has 0 spiro atoms. The molecule has 1 N–H and O–H groups in total. The molecule has 1 aromatic heterocycles. The van der Waals surface area contributed by atoms with Crippen LogP contribution in [0.2, 0.25) is 0 Å². The van der Waals surface area contributed by atoms with Gasteiger partial charge < -0.3 is 9.63 Å². The summed E-state index contributed by atoms with van der Waals surface area (Å²) in [5, 5.41) is 13.0. The van der Waals surface area contributed by atoms with Crippen LogP contribution < -0.4 is 0 Å². The van der Waals surface area contributed by atoms with E-state index in [0.29, 0.717) is 17.4 Å². The lowest BCUT2D eigenvalue weighted by molar-refractivity contribution is 0.111. The van der Waals surface area contributed by atoms with Gasteiger partial charge in [-0.15, -0.1) is 0 Å². The highest BCUT2D eigenvalue weighted by Crippen LogP contribution is 2.29. The average molecular weight is 189 g/mol. The lowest BCUT2D eigenvalue weighted by Crippen LogP contribution is -1.84. The van der Waals surface area contributed by atoms with E-state index in [9.17, 15) is 9.90 Å². The Bertz CT molecular complexity index is 462. The third kappa shape index (κ3) is 1.26. The van der Waals surface area contributed by atoms with Crippen molar-refractivity contribution in [3.05, 3.63) is 36.2 Å². The van der Waals surface area contributed by atoms with E-state index in [0.717, 1.165) is 0 Å². The second-order valence-corrected chi connectivity index (χ2v) is 2.75. The zero-order valence-corrected chi connectivity index (χ0v) is 7.18. The molecule has 0 saturated carbocycles. The fourth-order valence-corrected chi connectivity index (χ4v) is 1.23. The molecule has 0 bridgehead atoms. The molecule has 0 radical (unpaired) electrons. The van der Waals surface area contributed by atoms with Crippen LogP contribution >= 0.6 is 0 Å². The minimum Gasteiger partial charge on any atom is -0.507 e. The Morgan fingerprint density at radius 2 is 2.07 bits per heavy atom. The number of aromatic hydroxyl groups is 1. The Kier molecular flexibility index (Phi) is 2.02. The van der Waals surface area contributed by atoms with Crippen LogP contribution in [-0.4, -0.2) is 16.5 Å². The van der Waals surface area contributed by atoms with Crippen molar-refractivity contribution in [3.8, 4) is 16.9 Å². The second-order valence-electron chi connectivity index (χ2n) is 2.75. The van der Waals surface area contributed by atoms with E-state index in [1.165, 1.54) is 12.3 Å². The van der Waals surface area contributed by atoms with Crippen LogP contribution in [0.5, 0.6) is 5.75 Å². The van der Waals surface area contributed by atoms with E-state index >= 15 is 0 Å². The topological polar surface area (TPSA) is 63.3 Å². The number of carbonyl (C=O) groups excluding carboxylic acids is 1.